The first-order chi connectivity index (χ1) is 12.3. The number of carbonyl (C=O) groups excluding carboxylic acids is 1. The smallest absolute Gasteiger partial charge is 0.277 e. The summed E-state index contributed by atoms with van der Waals surface area (Å²) in [5.74, 6) is -0.270. The van der Waals surface area contributed by atoms with Crippen LogP contribution in [0.2, 0.25) is 5.02 Å². The zero-order valence-corrected chi connectivity index (χ0v) is 16.5. The lowest BCUT2D eigenvalue weighted by Crippen LogP contribution is -2.22. The lowest BCUT2D eigenvalue weighted by molar-refractivity contribution is -0.115. The number of nitrogens with one attached hydrogen (secondary N) is 2. The lowest BCUT2D eigenvalue weighted by Gasteiger charge is -2.09. The van der Waals surface area contributed by atoms with Gasteiger partial charge in [0.1, 0.15) is 0 Å². The van der Waals surface area contributed by atoms with Crippen molar-refractivity contribution in [1.29, 1.82) is 0 Å². The Balaban J connectivity index is 1.85. The van der Waals surface area contributed by atoms with Gasteiger partial charge in [-0.25, -0.2) is 4.98 Å². The van der Waals surface area contributed by atoms with Gasteiger partial charge in [-0.15, -0.1) is 0 Å². The summed E-state index contributed by atoms with van der Waals surface area (Å²) in [4.78, 5) is 30.6. The fourth-order valence-corrected chi connectivity index (χ4v) is 3.62. The molecule has 1 amide bonds. The van der Waals surface area contributed by atoms with Crippen LogP contribution in [0.1, 0.15) is 27.4 Å². The molecule has 0 atom stereocenters. The van der Waals surface area contributed by atoms with Crippen molar-refractivity contribution in [3.8, 4) is 5.13 Å². The highest BCUT2D eigenvalue weighted by Crippen LogP contribution is 2.23. The molecule has 2 heterocycles. The van der Waals surface area contributed by atoms with Crippen molar-refractivity contribution in [2.24, 2.45) is 0 Å². The van der Waals surface area contributed by atoms with E-state index in [-0.39, 0.29) is 17.9 Å². The van der Waals surface area contributed by atoms with Crippen molar-refractivity contribution in [3.63, 3.8) is 0 Å². The number of hydrogen-bond donors (Lipinski definition) is 2. The van der Waals surface area contributed by atoms with Crippen LogP contribution in [-0.4, -0.2) is 20.7 Å². The second-order valence-electron chi connectivity index (χ2n) is 6.13. The van der Waals surface area contributed by atoms with Crippen LogP contribution in [0.3, 0.4) is 0 Å². The monoisotopic (exact) mass is 390 g/mol. The normalized spacial score (nSPS) is 11.0. The number of carbonyl (C=O) groups is 1. The molecule has 0 saturated heterocycles. The van der Waals surface area contributed by atoms with E-state index in [1.165, 1.54) is 16.0 Å². The Bertz CT molecular complexity index is 1030. The maximum atomic E-state index is 12.7. The molecule has 2 N–H and O–H groups in total. The highest BCUT2D eigenvalue weighted by atomic mass is 35.5. The number of H-pyrrole nitrogens is 1. The van der Waals surface area contributed by atoms with E-state index >= 15 is 0 Å². The molecule has 2 aromatic heterocycles. The molecule has 3 rings (SSSR count). The molecule has 3 aromatic rings. The molecule has 0 unspecified atom stereocenters. The number of rotatable bonds is 4. The first-order valence-corrected chi connectivity index (χ1v) is 9.27. The van der Waals surface area contributed by atoms with Crippen molar-refractivity contribution in [2.45, 2.75) is 34.1 Å². The number of nitrogens with zero attached hydrogens (tertiary/aromatic N) is 2. The first kappa shape index (κ1) is 18.4. The van der Waals surface area contributed by atoms with Crippen LogP contribution < -0.4 is 10.9 Å². The quantitative estimate of drug-likeness (QED) is 0.712. The molecule has 0 saturated carbocycles. The van der Waals surface area contributed by atoms with Crippen LogP contribution in [0.25, 0.3) is 5.13 Å². The summed E-state index contributed by atoms with van der Waals surface area (Å²) in [6.07, 6.45) is -0.0243. The van der Waals surface area contributed by atoms with Crippen LogP contribution in [-0.2, 0) is 11.2 Å². The first-order valence-electron chi connectivity index (χ1n) is 8.07. The van der Waals surface area contributed by atoms with Crippen molar-refractivity contribution in [3.05, 3.63) is 61.0 Å². The van der Waals surface area contributed by atoms with Crippen LogP contribution in [0.5, 0.6) is 0 Å². The molecule has 0 aliphatic heterocycles. The molecule has 136 valence electrons. The molecule has 6 nitrogen and oxygen atoms in total. The number of aryl methyl sites for hydroxylation is 3. The summed E-state index contributed by atoms with van der Waals surface area (Å²) in [5, 5.41) is 6.98. The lowest BCUT2D eigenvalue weighted by atomic mass is 10.1. The largest absolute Gasteiger partial charge is 0.326 e. The average Bonchev–Trinajstić information content (AvgIpc) is 3.05. The average molecular weight is 391 g/mol. The van der Waals surface area contributed by atoms with E-state index in [1.807, 2.05) is 20.8 Å². The number of amides is 1. The van der Waals surface area contributed by atoms with Crippen molar-refractivity contribution >= 4 is 34.5 Å². The molecule has 1 aromatic carbocycles. The second-order valence-corrected chi connectivity index (χ2v) is 7.72. The summed E-state index contributed by atoms with van der Waals surface area (Å²) >= 11 is 7.51. The van der Waals surface area contributed by atoms with E-state index in [9.17, 15) is 9.59 Å². The third-order valence-electron chi connectivity index (χ3n) is 4.28. The highest BCUT2D eigenvalue weighted by molar-refractivity contribution is 7.14. The third kappa shape index (κ3) is 3.45. The fraction of sp³-hybridized carbons (Fsp3) is 0.278. The van der Waals surface area contributed by atoms with E-state index < -0.39 is 0 Å². The Hall–Kier alpha value is -2.38. The summed E-state index contributed by atoms with van der Waals surface area (Å²) in [7, 11) is 0. The van der Waals surface area contributed by atoms with Crippen molar-refractivity contribution < 1.29 is 4.79 Å². The summed E-state index contributed by atoms with van der Waals surface area (Å²) in [6.45, 7) is 7.47. The van der Waals surface area contributed by atoms with Gasteiger partial charge in [0, 0.05) is 26.8 Å². The maximum absolute atomic E-state index is 12.7. The Morgan fingerprint density at radius 2 is 2.04 bits per heavy atom. The maximum Gasteiger partial charge on any atom is 0.277 e. The topological polar surface area (TPSA) is 79.8 Å². The number of benzene rings is 1. The van der Waals surface area contributed by atoms with Crippen molar-refractivity contribution in [2.75, 3.05) is 5.32 Å². The molecule has 0 bridgehead atoms. The minimum absolute atomic E-state index is 0.0243. The van der Waals surface area contributed by atoms with Gasteiger partial charge in [0.15, 0.2) is 0 Å². The minimum atomic E-state index is -0.270. The minimum Gasteiger partial charge on any atom is -0.326 e. The number of aromatic amines is 1. The number of aromatic nitrogens is 3. The molecule has 0 aliphatic rings. The Labute approximate surface area is 159 Å². The standard InChI is InChI=1S/C18H19ClN4O2S/c1-9-14(19)6-5-7-15(9)21-16(24)8-13-11(3)22-23(17(13)25)18-20-10(2)12(4)26-18/h5-7,22H,8H2,1-4H3,(H,21,24). The van der Waals surface area contributed by atoms with Gasteiger partial charge in [0.25, 0.3) is 5.56 Å². The van der Waals surface area contributed by atoms with Crippen LogP contribution >= 0.6 is 22.9 Å². The van der Waals surface area contributed by atoms with Gasteiger partial charge in [-0.3, -0.25) is 14.7 Å². The molecule has 0 spiro atoms. The van der Waals surface area contributed by atoms with E-state index in [0.717, 1.165) is 16.1 Å². The van der Waals surface area contributed by atoms with Crippen LogP contribution in [0.4, 0.5) is 5.69 Å². The number of halogens is 1. The van der Waals surface area contributed by atoms with Crippen LogP contribution in [0, 0.1) is 27.7 Å². The fourth-order valence-electron chi connectivity index (χ4n) is 2.57. The van der Waals surface area contributed by atoms with Crippen LogP contribution in [0.15, 0.2) is 23.0 Å². The predicted octanol–water partition coefficient (Wildman–Crippen LogP) is 3.69. The molecule has 0 fully saturated rings. The van der Waals surface area contributed by atoms with Gasteiger partial charge in [-0.2, -0.15) is 4.68 Å². The van der Waals surface area contributed by atoms with Gasteiger partial charge < -0.3 is 5.32 Å². The van der Waals surface area contributed by atoms with Gasteiger partial charge in [0.2, 0.25) is 11.0 Å². The molecule has 8 heteroatoms. The third-order valence-corrected chi connectivity index (χ3v) is 5.75. The molecule has 0 radical (unpaired) electrons. The molecular weight excluding hydrogens is 372 g/mol. The van der Waals surface area contributed by atoms with E-state index in [2.05, 4.69) is 15.4 Å². The van der Waals surface area contributed by atoms with E-state index in [1.54, 1.807) is 25.1 Å². The summed E-state index contributed by atoms with van der Waals surface area (Å²) in [5.41, 5.74) is 3.14. The van der Waals surface area contributed by atoms with E-state index in [4.69, 9.17) is 11.6 Å². The zero-order valence-electron chi connectivity index (χ0n) is 14.9. The number of thiazole rings is 1. The summed E-state index contributed by atoms with van der Waals surface area (Å²) in [6, 6.07) is 5.31. The van der Waals surface area contributed by atoms with Gasteiger partial charge >= 0.3 is 0 Å². The van der Waals surface area contributed by atoms with Gasteiger partial charge in [-0.1, -0.05) is 29.0 Å². The van der Waals surface area contributed by atoms with Gasteiger partial charge in [-0.05, 0) is 45.4 Å². The highest BCUT2D eigenvalue weighted by Gasteiger charge is 2.18. The number of anilines is 1. The Morgan fingerprint density at radius 3 is 2.69 bits per heavy atom. The zero-order chi connectivity index (χ0) is 19.0. The SMILES string of the molecule is Cc1nc(-n2[nH]c(C)c(CC(=O)Nc3cccc(Cl)c3C)c2=O)sc1C. The Morgan fingerprint density at radius 1 is 1.31 bits per heavy atom. The van der Waals surface area contributed by atoms with E-state index in [0.29, 0.717) is 27.1 Å². The van der Waals surface area contributed by atoms with Crippen molar-refractivity contribution in [1.82, 2.24) is 14.8 Å². The summed E-state index contributed by atoms with van der Waals surface area (Å²) < 4.78 is 1.40. The second kappa shape index (κ2) is 7.09. The molecule has 26 heavy (non-hydrogen) atoms. The Kier molecular flexibility index (Phi) is 5.02. The number of hydrogen-bond acceptors (Lipinski definition) is 4. The van der Waals surface area contributed by atoms with Gasteiger partial charge in [0.05, 0.1) is 12.1 Å². The molecular formula is C18H19ClN4O2S. The molecule has 0 aliphatic carbocycles. The predicted molar refractivity (Wildman–Crippen MR) is 105 cm³/mol.